The second kappa shape index (κ2) is 12.1. The van der Waals surface area contributed by atoms with Gasteiger partial charge in [0.2, 0.25) is 11.9 Å². The third-order valence-corrected chi connectivity index (χ3v) is 5.33. The Morgan fingerprint density at radius 1 is 1.12 bits per heavy atom. The summed E-state index contributed by atoms with van der Waals surface area (Å²) in [7, 11) is 3.36. The van der Waals surface area contributed by atoms with Crippen LogP contribution in [0.25, 0.3) is 0 Å². The quantitative estimate of drug-likeness (QED) is 0.452. The fraction of sp³-hybridized carbons (Fsp3) is 0.500. The number of aromatic nitrogens is 2. The van der Waals surface area contributed by atoms with Crippen molar-refractivity contribution in [2.75, 3.05) is 76.8 Å². The zero-order valence-corrected chi connectivity index (χ0v) is 18.8. The first-order valence-electron chi connectivity index (χ1n) is 10.8. The summed E-state index contributed by atoms with van der Waals surface area (Å²) >= 11 is 0. The van der Waals surface area contributed by atoms with E-state index in [9.17, 15) is 4.79 Å². The van der Waals surface area contributed by atoms with Crippen LogP contribution in [0.3, 0.4) is 0 Å². The zero-order valence-electron chi connectivity index (χ0n) is 18.8. The van der Waals surface area contributed by atoms with Gasteiger partial charge in [0.15, 0.2) is 0 Å². The minimum atomic E-state index is -0.0920. The number of anilines is 2. The van der Waals surface area contributed by atoms with Crippen LogP contribution in [0, 0.1) is 0 Å². The Morgan fingerprint density at radius 3 is 2.66 bits per heavy atom. The maximum absolute atomic E-state index is 11.8. The van der Waals surface area contributed by atoms with E-state index in [0.29, 0.717) is 24.7 Å². The molecule has 1 aromatic heterocycles. The molecule has 2 aromatic rings. The maximum atomic E-state index is 11.8. The minimum absolute atomic E-state index is 0.0920. The fourth-order valence-corrected chi connectivity index (χ4v) is 3.60. The van der Waals surface area contributed by atoms with E-state index in [1.54, 1.807) is 26.5 Å². The van der Waals surface area contributed by atoms with Gasteiger partial charge in [-0.3, -0.25) is 9.69 Å². The highest BCUT2D eigenvalue weighted by Crippen LogP contribution is 2.32. The Morgan fingerprint density at radius 2 is 1.94 bits per heavy atom. The van der Waals surface area contributed by atoms with E-state index < -0.39 is 0 Å². The largest absolute Gasteiger partial charge is 0.497 e. The summed E-state index contributed by atoms with van der Waals surface area (Å²) < 4.78 is 10.9. The van der Waals surface area contributed by atoms with Crippen molar-refractivity contribution in [1.29, 1.82) is 0 Å². The lowest BCUT2D eigenvalue weighted by molar-refractivity contribution is -0.120. The van der Waals surface area contributed by atoms with Gasteiger partial charge in [-0.1, -0.05) is 0 Å². The number of nitrogens with zero attached hydrogens (tertiary/aromatic N) is 4. The summed E-state index contributed by atoms with van der Waals surface area (Å²) in [5, 5.41) is 6.00. The van der Waals surface area contributed by atoms with Gasteiger partial charge in [-0.25, -0.2) is 9.97 Å². The van der Waals surface area contributed by atoms with Crippen LogP contribution < -0.4 is 30.7 Å². The number of nitrogens with two attached hydrogens (primary N) is 1. The van der Waals surface area contributed by atoms with Gasteiger partial charge < -0.3 is 30.7 Å². The molecule has 32 heavy (non-hydrogen) atoms. The molecule has 1 aliphatic heterocycles. The van der Waals surface area contributed by atoms with Crippen LogP contribution >= 0.6 is 0 Å². The highest BCUT2D eigenvalue weighted by Gasteiger charge is 2.20. The van der Waals surface area contributed by atoms with E-state index in [2.05, 4.69) is 30.4 Å². The first kappa shape index (κ1) is 23.6. The number of hydrogen-bond acceptors (Lipinski definition) is 9. The molecule has 1 aromatic carbocycles. The zero-order chi connectivity index (χ0) is 22.8. The van der Waals surface area contributed by atoms with Gasteiger partial charge in [0.1, 0.15) is 11.5 Å². The third kappa shape index (κ3) is 6.69. The summed E-state index contributed by atoms with van der Waals surface area (Å²) in [5.41, 5.74) is 7.14. The molecule has 4 N–H and O–H groups in total. The Balaban J connectivity index is 1.44. The molecule has 0 spiro atoms. The average Bonchev–Trinajstić information content (AvgIpc) is 2.83. The molecule has 0 unspecified atom stereocenters. The number of carbonyl (C=O) groups is 1. The van der Waals surface area contributed by atoms with Crippen molar-refractivity contribution in [2.45, 2.75) is 6.42 Å². The predicted molar refractivity (Wildman–Crippen MR) is 124 cm³/mol. The number of piperazine rings is 1. The molecule has 2 heterocycles. The summed E-state index contributed by atoms with van der Waals surface area (Å²) in [6.07, 6.45) is 1.88. The maximum Gasteiger partial charge on any atom is 0.226 e. The van der Waals surface area contributed by atoms with Crippen molar-refractivity contribution in [2.24, 2.45) is 5.73 Å². The number of amides is 1. The number of nitrogens with one attached hydrogen (secondary N) is 2. The van der Waals surface area contributed by atoms with Crippen molar-refractivity contribution >= 4 is 17.5 Å². The molecule has 1 saturated heterocycles. The molecular formula is C22H33N7O3. The topological polar surface area (TPSA) is 118 Å². The number of carbonyl (C=O) groups excluding carboxylic acids is 1. The van der Waals surface area contributed by atoms with Crippen molar-refractivity contribution in [3.05, 3.63) is 36.2 Å². The van der Waals surface area contributed by atoms with Crippen LogP contribution in [0.15, 0.2) is 30.5 Å². The van der Waals surface area contributed by atoms with Crippen LogP contribution in [-0.4, -0.2) is 87.4 Å². The Labute approximate surface area is 189 Å². The number of methoxy groups -OCH3 is 2. The molecule has 0 aliphatic carbocycles. The smallest absolute Gasteiger partial charge is 0.226 e. The summed E-state index contributed by atoms with van der Waals surface area (Å²) in [6, 6.07) is 7.63. The van der Waals surface area contributed by atoms with E-state index in [1.807, 2.05) is 18.2 Å². The van der Waals surface area contributed by atoms with E-state index >= 15 is 0 Å². The van der Waals surface area contributed by atoms with Gasteiger partial charge >= 0.3 is 0 Å². The number of rotatable bonds is 11. The van der Waals surface area contributed by atoms with E-state index in [1.165, 1.54) is 0 Å². The summed E-state index contributed by atoms with van der Waals surface area (Å²) in [6.45, 7) is 6.21. The Hall–Kier alpha value is -3.11. The van der Waals surface area contributed by atoms with Crippen LogP contribution in [-0.2, 0) is 11.2 Å². The summed E-state index contributed by atoms with van der Waals surface area (Å²) in [5.74, 6) is 2.13. The lowest BCUT2D eigenvalue weighted by Crippen LogP contribution is -2.47. The summed E-state index contributed by atoms with van der Waals surface area (Å²) in [4.78, 5) is 25.2. The lowest BCUT2D eigenvalue weighted by Gasteiger charge is -2.36. The molecular weight excluding hydrogens is 410 g/mol. The Bertz CT molecular complexity index is 872. The molecule has 0 radical (unpaired) electrons. The van der Waals surface area contributed by atoms with E-state index in [4.69, 9.17) is 15.2 Å². The fourth-order valence-electron chi connectivity index (χ4n) is 3.60. The molecule has 0 saturated carbocycles. The molecule has 3 rings (SSSR count). The van der Waals surface area contributed by atoms with Gasteiger partial charge in [-0.2, -0.15) is 0 Å². The lowest BCUT2D eigenvalue weighted by atomic mass is 10.2. The van der Waals surface area contributed by atoms with Crippen LogP contribution in [0.2, 0.25) is 0 Å². The molecule has 10 heteroatoms. The molecule has 0 bridgehead atoms. The number of benzene rings is 1. The van der Waals surface area contributed by atoms with Crippen molar-refractivity contribution in [3.8, 4) is 11.5 Å². The van der Waals surface area contributed by atoms with Crippen molar-refractivity contribution < 1.29 is 14.3 Å². The van der Waals surface area contributed by atoms with E-state index in [0.717, 1.165) is 56.5 Å². The second-order valence-electron chi connectivity index (χ2n) is 7.48. The van der Waals surface area contributed by atoms with Gasteiger partial charge in [-0.05, 0) is 18.2 Å². The normalized spacial score (nSPS) is 14.2. The van der Waals surface area contributed by atoms with Crippen LogP contribution in [0.5, 0.6) is 11.5 Å². The standard InChI is InChI=1S/C22H33N7O3/c1-31-18-3-4-20(32-2)19(16-18)29-13-11-28(12-14-29)10-9-26-22-25-7-5-17(27-22)15-21(30)24-8-6-23/h3-5,7,16H,6,8-15,23H2,1-2H3,(H,24,30)(H,25,26,27). The predicted octanol–water partition coefficient (Wildman–Crippen LogP) is 0.345. The first-order valence-corrected chi connectivity index (χ1v) is 10.8. The molecule has 0 atom stereocenters. The number of ether oxygens (including phenoxy) is 2. The molecule has 174 valence electrons. The highest BCUT2D eigenvalue weighted by atomic mass is 16.5. The average molecular weight is 444 g/mol. The molecule has 1 fully saturated rings. The van der Waals surface area contributed by atoms with Crippen LogP contribution in [0.4, 0.5) is 11.6 Å². The molecule has 1 aliphatic rings. The third-order valence-electron chi connectivity index (χ3n) is 5.33. The molecule has 10 nitrogen and oxygen atoms in total. The Kier molecular flexibility index (Phi) is 8.88. The van der Waals surface area contributed by atoms with Gasteiger partial charge in [-0.15, -0.1) is 0 Å². The van der Waals surface area contributed by atoms with Gasteiger partial charge in [0.05, 0.1) is 32.0 Å². The van der Waals surface area contributed by atoms with E-state index in [-0.39, 0.29) is 12.3 Å². The SMILES string of the molecule is COc1ccc(OC)c(N2CCN(CCNc3nccc(CC(=O)NCCN)n3)CC2)c1. The van der Waals surface area contributed by atoms with Gasteiger partial charge in [0.25, 0.3) is 0 Å². The monoisotopic (exact) mass is 443 g/mol. The second-order valence-corrected chi connectivity index (χ2v) is 7.48. The van der Waals surface area contributed by atoms with Crippen LogP contribution in [0.1, 0.15) is 5.69 Å². The van der Waals surface area contributed by atoms with Crippen molar-refractivity contribution in [3.63, 3.8) is 0 Å². The number of hydrogen-bond donors (Lipinski definition) is 3. The van der Waals surface area contributed by atoms with Crippen molar-refractivity contribution in [1.82, 2.24) is 20.2 Å². The van der Waals surface area contributed by atoms with Gasteiger partial charge in [0, 0.05) is 64.6 Å². The first-order chi connectivity index (χ1) is 15.6. The minimum Gasteiger partial charge on any atom is -0.497 e. The molecule has 1 amide bonds. The highest BCUT2D eigenvalue weighted by molar-refractivity contribution is 5.78.